The van der Waals surface area contributed by atoms with Gasteiger partial charge in [-0.15, -0.1) is 0 Å². The smallest absolute Gasteiger partial charge is 0.0911 e. The fourth-order valence-corrected chi connectivity index (χ4v) is 2.34. The van der Waals surface area contributed by atoms with Gasteiger partial charge in [-0.05, 0) is 27.7 Å². The Labute approximate surface area is 132 Å². The third kappa shape index (κ3) is 3.85. The van der Waals surface area contributed by atoms with Crippen molar-refractivity contribution >= 4 is 11.3 Å². The third-order valence-corrected chi connectivity index (χ3v) is 3.77. The lowest BCUT2D eigenvalue weighted by Crippen LogP contribution is -2.11. The summed E-state index contributed by atoms with van der Waals surface area (Å²) in [7, 11) is 0. The first-order chi connectivity index (χ1) is 10.4. The average Bonchev–Trinajstić information content (AvgIpc) is 2.52. The molecule has 0 aliphatic rings. The Bertz CT molecular complexity index is 661. The summed E-state index contributed by atoms with van der Waals surface area (Å²) in [5, 5.41) is 12.8. The van der Waals surface area contributed by atoms with Gasteiger partial charge in [-0.1, -0.05) is 87.1 Å². The summed E-state index contributed by atoms with van der Waals surface area (Å²) in [4.78, 5) is 0. The maximum absolute atomic E-state index is 9.35. The van der Waals surface area contributed by atoms with Crippen LogP contribution in [0.1, 0.15) is 43.9 Å². The minimum atomic E-state index is 0.114. The summed E-state index contributed by atoms with van der Waals surface area (Å²) < 4.78 is 0. The van der Waals surface area contributed by atoms with E-state index in [0.717, 1.165) is 16.7 Å². The van der Waals surface area contributed by atoms with E-state index in [1.165, 1.54) is 5.56 Å². The van der Waals surface area contributed by atoms with Gasteiger partial charge >= 0.3 is 0 Å². The quantitative estimate of drug-likeness (QED) is 0.465. The molecule has 0 saturated carbocycles. The molecule has 2 aromatic carbocycles. The fourth-order valence-electron chi connectivity index (χ4n) is 2.34. The van der Waals surface area contributed by atoms with Crippen molar-refractivity contribution in [1.82, 2.24) is 0 Å². The Kier molecular flexibility index (Phi) is 4.81. The molecule has 114 valence electrons. The van der Waals surface area contributed by atoms with E-state index in [1.807, 2.05) is 42.5 Å². The zero-order valence-corrected chi connectivity index (χ0v) is 13.5. The number of hydrogen-bond acceptors (Lipinski definition) is 2. The van der Waals surface area contributed by atoms with Crippen LogP contribution in [0.25, 0.3) is 5.57 Å². The summed E-state index contributed by atoms with van der Waals surface area (Å²) in [5.41, 5.74) is 4.93. The van der Waals surface area contributed by atoms with E-state index in [-0.39, 0.29) is 5.41 Å². The van der Waals surface area contributed by atoms with Gasteiger partial charge in [0.2, 0.25) is 0 Å². The maximum Gasteiger partial charge on any atom is 0.0911 e. The van der Waals surface area contributed by atoms with Crippen LogP contribution in [0.2, 0.25) is 0 Å². The van der Waals surface area contributed by atoms with Crippen molar-refractivity contribution in [2.24, 2.45) is 5.16 Å². The van der Waals surface area contributed by atoms with Gasteiger partial charge in [0, 0.05) is 6.42 Å². The largest absolute Gasteiger partial charge is 0.411 e. The third-order valence-electron chi connectivity index (χ3n) is 3.77. The SMILES string of the molecule is C=C(CC(=NO)c1ccc(C(C)(C)C)cc1)c1ccccc1. The maximum atomic E-state index is 9.35. The second-order valence-corrected chi connectivity index (χ2v) is 6.52. The van der Waals surface area contributed by atoms with Gasteiger partial charge in [-0.2, -0.15) is 0 Å². The molecule has 0 aliphatic carbocycles. The molecule has 0 fully saturated rings. The second kappa shape index (κ2) is 6.61. The summed E-state index contributed by atoms with van der Waals surface area (Å²) in [6, 6.07) is 18.2. The molecule has 0 spiro atoms. The van der Waals surface area contributed by atoms with Crippen molar-refractivity contribution in [2.45, 2.75) is 32.6 Å². The Morgan fingerprint density at radius 2 is 1.55 bits per heavy atom. The van der Waals surface area contributed by atoms with Gasteiger partial charge in [0.05, 0.1) is 5.71 Å². The van der Waals surface area contributed by atoms with Crippen LogP contribution in [0.3, 0.4) is 0 Å². The lowest BCUT2D eigenvalue weighted by atomic mass is 9.86. The van der Waals surface area contributed by atoms with Gasteiger partial charge in [0.25, 0.3) is 0 Å². The first kappa shape index (κ1) is 16.0. The van der Waals surface area contributed by atoms with Crippen molar-refractivity contribution in [2.75, 3.05) is 0 Å². The summed E-state index contributed by atoms with van der Waals surface area (Å²) >= 11 is 0. The van der Waals surface area contributed by atoms with E-state index in [4.69, 9.17) is 0 Å². The topological polar surface area (TPSA) is 32.6 Å². The van der Waals surface area contributed by atoms with Crippen molar-refractivity contribution in [1.29, 1.82) is 0 Å². The molecule has 0 bridgehead atoms. The Morgan fingerprint density at radius 1 is 0.955 bits per heavy atom. The van der Waals surface area contributed by atoms with Crippen LogP contribution in [-0.2, 0) is 5.41 Å². The summed E-state index contributed by atoms with van der Waals surface area (Å²) in [6.45, 7) is 10.6. The van der Waals surface area contributed by atoms with Crippen molar-refractivity contribution < 1.29 is 5.21 Å². The summed E-state index contributed by atoms with van der Waals surface area (Å²) in [6.07, 6.45) is 0.523. The molecule has 22 heavy (non-hydrogen) atoms. The van der Waals surface area contributed by atoms with Crippen LogP contribution in [0.4, 0.5) is 0 Å². The first-order valence-electron chi connectivity index (χ1n) is 7.47. The van der Waals surface area contributed by atoms with Gasteiger partial charge in [0.15, 0.2) is 0 Å². The number of rotatable bonds is 4. The van der Waals surface area contributed by atoms with Gasteiger partial charge in [-0.3, -0.25) is 0 Å². The molecule has 0 aromatic heterocycles. The standard InChI is InChI=1S/C20H23NO/c1-15(16-8-6-5-7-9-16)14-19(21-22)17-10-12-18(13-11-17)20(2,3)4/h5-13,22H,1,14H2,2-4H3. The van der Waals surface area contributed by atoms with Crippen LogP contribution in [-0.4, -0.2) is 10.9 Å². The first-order valence-corrected chi connectivity index (χ1v) is 7.47. The molecule has 0 saturated heterocycles. The van der Waals surface area contributed by atoms with Crippen LogP contribution < -0.4 is 0 Å². The Balaban J connectivity index is 2.18. The van der Waals surface area contributed by atoms with Gasteiger partial charge in [-0.25, -0.2) is 0 Å². The molecule has 2 nitrogen and oxygen atoms in total. The van der Waals surface area contributed by atoms with Crippen LogP contribution >= 0.6 is 0 Å². The molecular formula is C20H23NO. The minimum Gasteiger partial charge on any atom is -0.411 e. The number of oxime groups is 1. The predicted octanol–water partition coefficient (Wildman–Crippen LogP) is 5.27. The van der Waals surface area contributed by atoms with Crippen LogP contribution in [0.15, 0.2) is 66.3 Å². The normalized spacial score (nSPS) is 12.2. The lowest BCUT2D eigenvalue weighted by molar-refractivity contribution is 0.318. The fraction of sp³-hybridized carbons (Fsp3) is 0.250. The molecule has 0 atom stereocenters. The highest BCUT2D eigenvalue weighted by molar-refractivity contribution is 6.05. The molecule has 2 aromatic rings. The molecule has 0 heterocycles. The van der Waals surface area contributed by atoms with E-state index in [2.05, 4.69) is 44.6 Å². The molecule has 0 unspecified atom stereocenters. The molecule has 0 amide bonds. The van der Waals surface area contributed by atoms with E-state index >= 15 is 0 Å². The highest BCUT2D eigenvalue weighted by atomic mass is 16.4. The average molecular weight is 293 g/mol. The van der Waals surface area contributed by atoms with Crippen molar-refractivity contribution in [3.05, 3.63) is 77.9 Å². The Morgan fingerprint density at radius 3 is 2.05 bits per heavy atom. The highest BCUT2D eigenvalue weighted by Gasteiger charge is 2.14. The molecular weight excluding hydrogens is 270 g/mol. The lowest BCUT2D eigenvalue weighted by Gasteiger charge is -2.19. The molecule has 2 rings (SSSR count). The zero-order chi connectivity index (χ0) is 16.2. The van der Waals surface area contributed by atoms with Crippen LogP contribution in [0, 0.1) is 0 Å². The molecule has 0 aliphatic heterocycles. The van der Waals surface area contributed by atoms with E-state index in [1.54, 1.807) is 0 Å². The van der Waals surface area contributed by atoms with Gasteiger partial charge in [0.1, 0.15) is 0 Å². The predicted molar refractivity (Wildman–Crippen MR) is 93.6 cm³/mol. The van der Waals surface area contributed by atoms with Crippen molar-refractivity contribution in [3.63, 3.8) is 0 Å². The highest BCUT2D eigenvalue weighted by Crippen LogP contribution is 2.24. The van der Waals surface area contributed by atoms with E-state index in [9.17, 15) is 5.21 Å². The Hall–Kier alpha value is -2.35. The van der Waals surface area contributed by atoms with E-state index < -0.39 is 0 Å². The number of nitrogens with zero attached hydrogens (tertiary/aromatic N) is 1. The van der Waals surface area contributed by atoms with Crippen LogP contribution in [0.5, 0.6) is 0 Å². The second-order valence-electron chi connectivity index (χ2n) is 6.52. The van der Waals surface area contributed by atoms with Gasteiger partial charge < -0.3 is 5.21 Å². The zero-order valence-electron chi connectivity index (χ0n) is 13.5. The van der Waals surface area contributed by atoms with E-state index in [0.29, 0.717) is 12.1 Å². The summed E-state index contributed by atoms with van der Waals surface area (Å²) in [5.74, 6) is 0. The number of hydrogen-bond donors (Lipinski definition) is 1. The molecule has 0 radical (unpaired) electrons. The molecule has 1 N–H and O–H groups in total. The van der Waals surface area contributed by atoms with Crippen molar-refractivity contribution in [3.8, 4) is 0 Å². The monoisotopic (exact) mass is 293 g/mol. The molecule has 2 heteroatoms. The number of allylic oxidation sites excluding steroid dienone is 1. The minimum absolute atomic E-state index is 0.114. The number of benzene rings is 2.